The lowest BCUT2D eigenvalue weighted by Crippen LogP contribution is -2.61. The number of nitrogens with zero attached hydrogens (tertiary/aromatic N) is 2. The molecule has 1 atom stereocenters. The van der Waals surface area contributed by atoms with E-state index in [1.807, 2.05) is 48.5 Å². The Bertz CT molecular complexity index is 6300. The lowest BCUT2D eigenvalue weighted by Gasteiger charge is -2.46. The van der Waals surface area contributed by atoms with Gasteiger partial charge < -0.3 is 9.80 Å². The Morgan fingerprint density at radius 1 is 0.269 bits per heavy atom. The zero-order chi connectivity index (χ0) is 81.5. The predicted octanol–water partition coefficient (Wildman–Crippen LogP) is 26.1. The predicted molar refractivity (Wildman–Crippen MR) is 459 cm³/mol. The third-order valence-corrected chi connectivity index (χ3v) is 22.4. The van der Waals surface area contributed by atoms with E-state index in [9.17, 15) is 11.0 Å². The van der Waals surface area contributed by atoms with Crippen LogP contribution in [0.5, 0.6) is 0 Å². The van der Waals surface area contributed by atoms with Gasteiger partial charge in [-0.3, -0.25) is 0 Å². The maximum atomic E-state index is 9.77. The van der Waals surface area contributed by atoms with Crippen molar-refractivity contribution in [2.75, 3.05) is 9.80 Å². The van der Waals surface area contributed by atoms with Gasteiger partial charge in [0.2, 0.25) is 0 Å². The SMILES string of the molecule is [2H]c1c([2H])c([2H])c(-c2ccc3c(c2)B2c4cc(-c5c([2H])c([2H])c([2H])c([2H])c5[2H])ccc4N(c4c(-c5ccccc5)cc(C(C)(C)C)cc4-c4ccccc4)c4cc(-c5cccc6c5C(c5ccccc5)(c5ccccc5-c5ccccc5)c5ccccc5-6)cc(c42)N3c2c(-c3ccccc3)cc(C(C)(C)C)cc2-c2ccccc2)c([2H])c1[2H]. The van der Waals surface area contributed by atoms with Crippen molar-refractivity contribution in [2.24, 2.45) is 0 Å². The van der Waals surface area contributed by atoms with Crippen molar-refractivity contribution >= 4 is 57.2 Å². The van der Waals surface area contributed by atoms with Crippen LogP contribution >= 0.6 is 0 Å². The van der Waals surface area contributed by atoms with Crippen molar-refractivity contribution in [3.8, 4) is 100 Å². The van der Waals surface area contributed by atoms with Crippen LogP contribution in [0.15, 0.2) is 382 Å². The van der Waals surface area contributed by atoms with Crippen molar-refractivity contribution in [3.63, 3.8) is 0 Å². The fourth-order valence-corrected chi connectivity index (χ4v) is 17.4. The molecule has 0 saturated heterocycles. The van der Waals surface area contributed by atoms with E-state index in [1.54, 1.807) is 0 Å². The van der Waals surface area contributed by atoms with Gasteiger partial charge in [-0.1, -0.05) is 375 Å². The van der Waals surface area contributed by atoms with E-state index >= 15 is 0 Å². The van der Waals surface area contributed by atoms with Gasteiger partial charge in [-0.05, 0) is 187 Å². The first-order chi connectivity index (χ1) is 57.0. The molecule has 514 valence electrons. The molecule has 0 aromatic heterocycles. The van der Waals surface area contributed by atoms with Gasteiger partial charge in [-0.25, -0.2) is 0 Å². The molecule has 0 saturated carbocycles. The zero-order valence-corrected chi connectivity index (χ0v) is 61.1. The van der Waals surface area contributed by atoms with Crippen LogP contribution in [0.1, 0.15) is 88.6 Å². The van der Waals surface area contributed by atoms with Crippen LogP contribution in [0.2, 0.25) is 0 Å². The van der Waals surface area contributed by atoms with E-state index in [0.717, 1.165) is 151 Å². The second kappa shape index (κ2) is 26.3. The first kappa shape index (κ1) is 55.6. The highest BCUT2D eigenvalue weighted by atomic mass is 15.2. The summed E-state index contributed by atoms with van der Waals surface area (Å²) in [4.78, 5) is 4.90. The Morgan fingerprint density at radius 3 is 1.02 bits per heavy atom. The van der Waals surface area contributed by atoms with Crippen LogP contribution in [0.25, 0.3) is 100 Å². The van der Waals surface area contributed by atoms with Crippen LogP contribution in [0, 0.1) is 0 Å². The monoisotopic (exact) mass is 1390 g/mol. The van der Waals surface area contributed by atoms with Gasteiger partial charge in [0.25, 0.3) is 6.71 Å². The first-order valence-electron chi connectivity index (χ1n) is 42.3. The molecule has 19 rings (SSSR count). The van der Waals surface area contributed by atoms with E-state index in [1.165, 1.54) is 0 Å². The van der Waals surface area contributed by atoms with Gasteiger partial charge >= 0.3 is 0 Å². The van der Waals surface area contributed by atoms with Crippen LogP contribution in [-0.4, -0.2) is 6.71 Å². The minimum Gasteiger partial charge on any atom is -0.310 e. The highest BCUT2D eigenvalue weighted by Crippen LogP contribution is 2.62. The Labute approximate surface area is 650 Å². The highest BCUT2D eigenvalue weighted by molar-refractivity contribution is 7.00. The number of benzene rings is 16. The van der Waals surface area contributed by atoms with Crippen molar-refractivity contribution in [2.45, 2.75) is 57.8 Å². The van der Waals surface area contributed by atoms with E-state index in [2.05, 4.69) is 324 Å². The standard InChI is InChI=1S/C105H81BN2/c1-103(2,3)81-66-87(73-42-21-10-22-43-73)101(88(67-81)74-44-23-11-24-45-74)107-95-60-58-77(70-36-15-7-16-37-70)62-93(95)106-94-63-78(71-38-17-8-18-39-71)59-61-96(94)108(102-89(75-46-25-12-26-47-75)68-82(104(4,5)6)69-90(102)76-48-27-13-28-49-76)98-65-79(64-97(107)100(98)106)84-54-35-55-86-85-53-32-34-57-92(85)105(99(84)86,80-50-29-14-30-51-80)91-56-33-31-52-83(91)72-40-19-9-20-41-72/h7-69H,1-6H3/i7D,8D,15D,16D,17D,18D,36D,37D,38D,39D. The molecular formula is C105H81BN2. The number of rotatable bonds is 12. The van der Waals surface area contributed by atoms with Gasteiger partial charge in [0.1, 0.15) is 0 Å². The molecule has 2 nitrogen and oxygen atoms in total. The van der Waals surface area contributed by atoms with Gasteiger partial charge in [0.05, 0.1) is 30.5 Å². The molecule has 108 heavy (non-hydrogen) atoms. The topological polar surface area (TPSA) is 6.48 Å². The largest absolute Gasteiger partial charge is 0.310 e. The fourth-order valence-electron chi connectivity index (χ4n) is 17.4. The van der Waals surface area contributed by atoms with E-state index < -0.39 is 48.4 Å². The quantitative estimate of drug-likeness (QED) is 0.113. The average Bonchev–Trinajstić information content (AvgIpc) is 1.33. The van der Waals surface area contributed by atoms with E-state index in [4.69, 9.17) is 2.74 Å². The third kappa shape index (κ3) is 10.9. The summed E-state index contributed by atoms with van der Waals surface area (Å²) in [5.41, 5.74) is 26.7. The number of anilines is 6. The molecule has 3 aliphatic rings. The summed E-state index contributed by atoms with van der Waals surface area (Å²) in [5, 5.41) is 0. The Hall–Kier alpha value is -12.8. The van der Waals surface area contributed by atoms with Crippen LogP contribution in [0.3, 0.4) is 0 Å². The lowest BCUT2D eigenvalue weighted by molar-refractivity contribution is 0.590. The molecule has 1 aliphatic carbocycles. The molecule has 16 aromatic rings. The van der Waals surface area contributed by atoms with Crippen molar-refractivity contribution in [1.82, 2.24) is 0 Å². The van der Waals surface area contributed by atoms with Crippen LogP contribution < -0.4 is 26.2 Å². The van der Waals surface area contributed by atoms with Crippen LogP contribution in [-0.2, 0) is 16.2 Å². The molecule has 0 radical (unpaired) electrons. The summed E-state index contributed by atoms with van der Waals surface area (Å²) in [6.45, 7) is 12.7. The molecule has 2 heterocycles. The first-order valence-corrected chi connectivity index (χ1v) is 37.3. The summed E-state index contributed by atoms with van der Waals surface area (Å²) < 4.78 is 93.9. The molecule has 0 bridgehead atoms. The van der Waals surface area contributed by atoms with Gasteiger partial charge in [0.15, 0.2) is 0 Å². The van der Waals surface area contributed by atoms with E-state index in [0.29, 0.717) is 22.1 Å². The summed E-state index contributed by atoms with van der Waals surface area (Å²) in [5.74, 6) is 0. The normalized spacial score (nSPS) is 15.3. The average molecular weight is 1390 g/mol. The molecule has 3 heteroatoms. The summed E-state index contributed by atoms with van der Waals surface area (Å²) >= 11 is 0. The van der Waals surface area contributed by atoms with Crippen LogP contribution in [0.4, 0.5) is 34.1 Å². The number of fused-ring (bicyclic) bond motifs is 7. The molecule has 1 unspecified atom stereocenters. The minimum absolute atomic E-state index is 0.0327. The molecule has 0 fully saturated rings. The van der Waals surface area contributed by atoms with Gasteiger partial charge in [-0.15, -0.1) is 0 Å². The molecule has 2 aliphatic heterocycles. The molecular weight excluding hydrogens is 1300 g/mol. The minimum atomic E-state index is -0.975. The molecule has 0 spiro atoms. The van der Waals surface area contributed by atoms with Gasteiger partial charge in [-0.2, -0.15) is 0 Å². The summed E-state index contributed by atoms with van der Waals surface area (Å²) in [6.07, 6.45) is 0. The molecule has 16 aromatic carbocycles. The zero-order valence-electron chi connectivity index (χ0n) is 71.1. The van der Waals surface area contributed by atoms with Crippen molar-refractivity contribution in [3.05, 3.63) is 415 Å². The Balaban J connectivity index is 1.06. The fraction of sp³-hybridized carbons (Fsp3) is 0.0857. The Kier molecular flexibility index (Phi) is 13.6. The van der Waals surface area contributed by atoms with Crippen molar-refractivity contribution in [1.29, 1.82) is 0 Å². The number of hydrogen-bond donors (Lipinski definition) is 0. The third-order valence-electron chi connectivity index (χ3n) is 22.4. The summed E-state index contributed by atoms with van der Waals surface area (Å²) in [7, 11) is 0. The second-order valence-corrected chi connectivity index (χ2v) is 30.7. The lowest BCUT2D eigenvalue weighted by atomic mass is 9.33. The molecule has 0 amide bonds. The van der Waals surface area contributed by atoms with E-state index in [-0.39, 0.29) is 46.1 Å². The maximum absolute atomic E-state index is 9.77. The summed E-state index contributed by atoms with van der Waals surface area (Å²) in [6, 6.07) is 111. The van der Waals surface area contributed by atoms with Crippen molar-refractivity contribution < 1.29 is 13.7 Å². The van der Waals surface area contributed by atoms with Gasteiger partial charge in [0, 0.05) is 45.0 Å². The smallest absolute Gasteiger partial charge is 0.252 e. The molecule has 0 N–H and O–H groups in total. The highest BCUT2D eigenvalue weighted by Gasteiger charge is 2.51. The second-order valence-electron chi connectivity index (χ2n) is 30.7. The number of hydrogen-bond acceptors (Lipinski definition) is 2. The Morgan fingerprint density at radius 2 is 0.611 bits per heavy atom. The maximum Gasteiger partial charge on any atom is 0.252 e.